The van der Waals surface area contributed by atoms with Crippen LogP contribution in [0.1, 0.15) is 0 Å². The Hall–Kier alpha value is -2.12. The number of carbonyl (C=O) groups excluding carboxylic acids is 1. The van der Waals surface area contributed by atoms with E-state index in [-0.39, 0.29) is 12.5 Å². The molecule has 0 saturated carbocycles. The lowest BCUT2D eigenvalue weighted by molar-refractivity contribution is -0.119. The minimum absolute atomic E-state index is 0.0128. The molecule has 0 bridgehead atoms. The Morgan fingerprint density at radius 3 is 3.00 bits per heavy atom. The van der Waals surface area contributed by atoms with E-state index in [1.807, 2.05) is 23.6 Å². The summed E-state index contributed by atoms with van der Waals surface area (Å²) in [5, 5.41) is 5.11. The van der Waals surface area contributed by atoms with Crippen molar-refractivity contribution in [1.29, 1.82) is 0 Å². The third-order valence-corrected chi connectivity index (χ3v) is 3.62. The average Bonchev–Trinajstić information content (AvgIpc) is 2.95. The Morgan fingerprint density at radius 1 is 1.38 bits per heavy atom. The normalized spacial score (nSPS) is 13.0. The van der Waals surface area contributed by atoms with E-state index >= 15 is 0 Å². The van der Waals surface area contributed by atoms with Gasteiger partial charge in [-0.3, -0.25) is 10.1 Å². The molecule has 0 saturated heterocycles. The second kappa shape index (κ2) is 6.11. The molecule has 1 aromatic heterocycles. The Kier molecular flexibility index (Phi) is 4.03. The zero-order valence-electron chi connectivity index (χ0n) is 11.4. The van der Waals surface area contributed by atoms with Gasteiger partial charge < -0.3 is 14.2 Å². The Labute approximate surface area is 125 Å². The van der Waals surface area contributed by atoms with Gasteiger partial charge in [0.05, 0.1) is 5.69 Å². The van der Waals surface area contributed by atoms with Crippen LogP contribution >= 0.6 is 11.3 Å². The van der Waals surface area contributed by atoms with Crippen LogP contribution in [0.5, 0.6) is 11.5 Å². The van der Waals surface area contributed by atoms with Gasteiger partial charge in [-0.15, -0.1) is 11.3 Å². The summed E-state index contributed by atoms with van der Waals surface area (Å²) in [6.07, 6.45) is 0. The number of anilines is 1. The smallest absolute Gasteiger partial charge is 0.252 e. The highest BCUT2D eigenvalue weighted by molar-refractivity contribution is 7.14. The highest BCUT2D eigenvalue weighted by atomic mass is 32.1. The predicted molar refractivity (Wildman–Crippen MR) is 79.0 cm³/mol. The van der Waals surface area contributed by atoms with Crippen molar-refractivity contribution >= 4 is 22.4 Å². The van der Waals surface area contributed by atoms with E-state index in [2.05, 4.69) is 10.3 Å². The number of rotatable bonds is 4. The van der Waals surface area contributed by atoms with Crippen LogP contribution in [-0.4, -0.2) is 37.8 Å². The maximum Gasteiger partial charge on any atom is 0.252 e. The first-order valence-electron chi connectivity index (χ1n) is 6.40. The molecular formula is C14H14N2O4S. The van der Waals surface area contributed by atoms with Gasteiger partial charge in [0, 0.05) is 18.1 Å². The zero-order valence-corrected chi connectivity index (χ0v) is 12.2. The van der Waals surface area contributed by atoms with Crippen LogP contribution in [0.2, 0.25) is 0 Å². The number of benzene rings is 1. The summed E-state index contributed by atoms with van der Waals surface area (Å²) < 4.78 is 15.8. The van der Waals surface area contributed by atoms with E-state index in [0.717, 1.165) is 22.8 Å². The monoisotopic (exact) mass is 306 g/mol. The molecule has 6 nitrogen and oxygen atoms in total. The first-order valence-corrected chi connectivity index (χ1v) is 7.28. The van der Waals surface area contributed by atoms with E-state index < -0.39 is 0 Å². The zero-order chi connectivity index (χ0) is 14.7. The summed E-state index contributed by atoms with van der Waals surface area (Å²) in [4.78, 5) is 15.8. The summed E-state index contributed by atoms with van der Waals surface area (Å²) >= 11 is 1.37. The molecule has 0 unspecified atom stereocenters. The lowest BCUT2D eigenvalue weighted by Crippen LogP contribution is -2.16. The van der Waals surface area contributed by atoms with Crippen LogP contribution in [0.25, 0.3) is 11.3 Å². The summed E-state index contributed by atoms with van der Waals surface area (Å²) in [6.45, 7) is 1.13. The molecule has 0 fully saturated rings. The van der Waals surface area contributed by atoms with Gasteiger partial charge in [-0.25, -0.2) is 4.98 Å². The van der Waals surface area contributed by atoms with Crippen molar-refractivity contribution in [2.45, 2.75) is 0 Å². The maximum absolute atomic E-state index is 11.4. The van der Waals surface area contributed by atoms with Crippen molar-refractivity contribution in [3.8, 4) is 22.8 Å². The molecule has 110 valence electrons. The van der Waals surface area contributed by atoms with Crippen LogP contribution in [0.15, 0.2) is 23.6 Å². The third kappa shape index (κ3) is 3.14. The minimum atomic E-state index is -0.222. The average molecular weight is 306 g/mol. The number of thiazole rings is 1. The van der Waals surface area contributed by atoms with Gasteiger partial charge in [0.25, 0.3) is 5.91 Å². The molecule has 0 aliphatic carbocycles. The van der Waals surface area contributed by atoms with Gasteiger partial charge in [-0.05, 0) is 18.2 Å². The number of carbonyl (C=O) groups is 1. The molecule has 21 heavy (non-hydrogen) atoms. The van der Waals surface area contributed by atoms with Gasteiger partial charge in [0.1, 0.15) is 19.8 Å². The molecule has 1 amide bonds. The largest absolute Gasteiger partial charge is 0.486 e. The molecule has 1 aromatic carbocycles. The van der Waals surface area contributed by atoms with E-state index in [4.69, 9.17) is 14.2 Å². The highest BCUT2D eigenvalue weighted by Crippen LogP contribution is 2.35. The fourth-order valence-electron chi connectivity index (χ4n) is 1.95. The van der Waals surface area contributed by atoms with Crippen molar-refractivity contribution < 1.29 is 19.0 Å². The molecular weight excluding hydrogens is 292 g/mol. The summed E-state index contributed by atoms with van der Waals surface area (Å²) in [5.74, 6) is 1.24. The Morgan fingerprint density at radius 2 is 2.19 bits per heavy atom. The van der Waals surface area contributed by atoms with Crippen LogP contribution in [0.4, 0.5) is 5.13 Å². The van der Waals surface area contributed by atoms with Gasteiger partial charge >= 0.3 is 0 Å². The number of hydrogen-bond donors (Lipinski definition) is 1. The number of amides is 1. The SMILES string of the molecule is COCC(=O)Nc1nc(-c2ccc3c(c2)OCCO3)cs1. The number of nitrogens with zero attached hydrogens (tertiary/aromatic N) is 1. The summed E-state index contributed by atoms with van der Waals surface area (Å²) in [7, 11) is 1.47. The number of aromatic nitrogens is 1. The molecule has 1 aliphatic rings. The quantitative estimate of drug-likeness (QED) is 0.937. The molecule has 2 aromatic rings. The molecule has 1 N–H and O–H groups in total. The number of nitrogens with one attached hydrogen (secondary N) is 1. The second-order valence-electron chi connectivity index (χ2n) is 4.38. The molecule has 2 heterocycles. The lowest BCUT2D eigenvalue weighted by atomic mass is 10.1. The second-order valence-corrected chi connectivity index (χ2v) is 5.24. The molecule has 0 spiro atoms. The summed E-state index contributed by atoms with van der Waals surface area (Å²) in [5.41, 5.74) is 1.70. The fraction of sp³-hybridized carbons (Fsp3) is 0.286. The van der Waals surface area contributed by atoms with Crippen LogP contribution in [0, 0.1) is 0 Å². The van der Waals surface area contributed by atoms with E-state index in [9.17, 15) is 4.79 Å². The van der Waals surface area contributed by atoms with E-state index in [1.165, 1.54) is 18.4 Å². The van der Waals surface area contributed by atoms with E-state index in [1.54, 1.807) is 0 Å². The Balaban J connectivity index is 1.78. The standard InChI is InChI=1S/C14H14N2O4S/c1-18-7-13(17)16-14-15-10(8-21-14)9-2-3-11-12(6-9)20-5-4-19-11/h2-3,6,8H,4-5,7H2,1H3,(H,15,16,17). The van der Waals surface area contributed by atoms with E-state index in [0.29, 0.717) is 18.3 Å². The Bertz CT molecular complexity index is 656. The molecule has 1 aliphatic heterocycles. The number of methoxy groups -OCH3 is 1. The third-order valence-electron chi connectivity index (χ3n) is 2.86. The molecule has 0 atom stereocenters. The first-order chi connectivity index (χ1) is 10.3. The van der Waals surface area contributed by atoms with Crippen LogP contribution in [-0.2, 0) is 9.53 Å². The predicted octanol–water partition coefficient (Wildman–Crippen LogP) is 2.17. The molecule has 0 radical (unpaired) electrons. The molecule has 3 rings (SSSR count). The van der Waals surface area contributed by atoms with Crippen molar-refractivity contribution in [2.24, 2.45) is 0 Å². The first kappa shape index (κ1) is 13.8. The minimum Gasteiger partial charge on any atom is -0.486 e. The lowest BCUT2D eigenvalue weighted by Gasteiger charge is -2.18. The van der Waals surface area contributed by atoms with Gasteiger partial charge in [-0.2, -0.15) is 0 Å². The molecule has 7 heteroatoms. The van der Waals surface area contributed by atoms with Crippen molar-refractivity contribution in [3.05, 3.63) is 23.6 Å². The topological polar surface area (TPSA) is 69.7 Å². The van der Waals surface area contributed by atoms with Gasteiger partial charge in [0.2, 0.25) is 0 Å². The van der Waals surface area contributed by atoms with Crippen molar-refractivity contribution in [2.75, 3.05) is 32.2 Å². The van der Waals surface area contributed by atoms with Gasteiger partial charge in [-0.1, -0.05) is 0 Å². The summed E-state index contributed by atoms with van der Waals surface area (Å²) in [6, 6.07) is 5.68. The fourth-order valence-corrected chi connectivity index (χ4v) is 2.69. The van der Waals surface area contributed by atoms with Crippen molar-refractivity contribution in [1.82, 2.24) is 4.98 Å². The van der Waals surface area contributed by atoms with Crippen molar-refractivity contribution in [3.63, 3.8) is 0 Å². The van der Waals surface area contributed by atoms with Crippen LogP contribution < -0.4 is 14.8 Å². The van der Waals surface area contributed by atoms with Crippen LogP contribution in [0.3, 0.4) is 0 Å². The number of fused-ring (bicyclic) bond motifs is 1. The number of hydrogen-bond acceptors (Lipinski definition) is 6. The number of ether oxygens (including phenoxy) is 3. The highest BCUT2D eigenvalue weighted by Gasteiger charge is 2.14. The maximum atomic E-state index is 11.4. The van der Waals surface area contributed by atoms with Gasteiger partial charge in [0.15, 0.2) is 16.6 Å².